The lowest BCUT2D eigenvalue weighted by molar-refractivity contribution is 0.0792. The zero-order chi connectivity index (χ0) is 16.7. The number of nitrogens with one attached hydrogen (secondary N) is 3. The Hall–Kier alpha value is -2.38. The first kappa shape index (κ1) is 15.2. The summed E-state index contributed by atoms with van der Waals surface area (Å²) >= 11 is 6.08. The number of rotatable bonds is 3. The molecule has 0 unspecified atom stereocenters. The largest absolute Gasteiger partial charge is 0.368 e. The number of hydrogen-bond acceptors (Lipinski definition) is 4. The Morgan fingerprint density at radius 3 is 3.12 bits per heavy atom. The van der Waals surface area contributed by atoms with Crippen LogP contribution in [0.3, 0.4) is 0 Å². The molecule has 3 aromatic rings. The van der Waals surface area contributed by atoms with Gasteiger partial charge in [0.1, 0.15) is 12.4 Å². The Morgan fingerprint density at radius 1 is 1.46 bits per heavy atom. The first-order valence-electron chi connectivity index (χ1n) is 7.69. The Labute approximate surface area is 142 Å². The number of ether oxygens (including phenoxy) is 1. The summed E-state index contributed by atoms with van der Waals surface area (Å²) in [4.78, 5) is 20.2. The van der Waals surface area contributed by atoms with Gasteiger partial charge in [-0.15, -0.1) is 0 Å². The third-order valence-corrected chi connectivity index (χ3v) is 4.52. The number of aryl methyl sites for hydroxylation is 1. The van der Waals surface area contributed by atoms with Crippen molar-refractivity contribution >= 4 is 28.4 Å². The van der Waals surface area contributed by atoms with Crippen molar-refractivity contribution in [2.45, 2.75) is 25.5 Å². The molecular weight excluding hydrogens is 330 g/mol. The summed E-state index contributed by atoms with van der Waals surface area (Å²) in [6.07, 6.45) is 1.84. The molecule has 0 bridgehead atoms. The molecule has 2 aromatic heterocycles. The molecule has 7 nitrogen and oxygen atoms in total. The minimum atomic E-state index is -0.314. The van der Waals surface area contributed by atoms with Gasteiger partial charge in [0.2, 0.25) is 0 Å². The lowest BCUT2D eigenvalue weighted by Gasteiger charge is -2.18. The summed E-state index contributed by atoms with van der Waals surface area (Å²) in [6, 6.07) is 5.31. The maximum atomic E-state index is 12.8. The third-order valence-electron chi connectivity index (χ3n) is 4.29. The molecule has 0 saturated carbocycles. The van der Waals surface area contributed by atoms with E-state index in [4.69, 9.17) is 16.3 Å². The maximum Gasteiger partial charge on any atom is 0.254 e. The van der Waals surface area contributed by atoms with Crippen LogP contribution in [0, 0.1) is 6.92 Å². The predicted molar refractivity (Wildman–Crippen MR) is 89.0 cm³/mol. The van der Waals surface area contributed by atoms with Crippen LogP contribution in [-0.4, -0.2) is 38.7 Å². The van der Waals surface area contributed by atoms with Gasteiger partial charge in [-0.25, -0.2) is 4.98 Å². The molecule has 8 heteroatoms. The van der Waals surface area contributed by atoms with Crippen LogP contribution in [0.5, 0.6) is 0 Å². The van der Waals surface area contributed by atoms with Gasteiger partial charge in [-0.2, -0.15) is 5.10 Å². The van der Waals surface area contributed by atoms with E-state index in [2.05, 4.69) is 25.5 Å². The molecule has 3 heterocycles. The highest BCUT2D eigenvalue weighted by Gasteiger charge is 2.33. The molecule has 0 spiro atoms. The fourth-order valence-corrected chi connectivity index (χ4v) is 3.36. The van der Waals surface area contributed by atoms with Gasteiger partial charge in [-0.1, -0.05) is 11.6 Å². The standard InChI is InChI=1S/C16H16ClN5O2/c1-8-13(10-6-9(17)2-3-11(10)20-8)16(23)21-12-4-5-24-14(12)15-18-7-19-22-15/h2-3,6-7,12,14,20H,4-5H2,1H3,(H,21,23)(H,18,19,22)/t12-,14+/m0/s1. The highest BCUT2D eigenvalue weighted by molar-refractivity contribution is 6.31. The van der Waals surface area contributed by atoms with Gasteiger partial charge in [-0.05, 0) is 31.5 Å². The van der Waals surface area contributed by atoms with Gasteiger partial charge in [0.05, 0.1) is 11.6 Å². The summed E-state index contributed by atoms with van der Waals surface area (Å²) in [5, 5.41) is 11.1. The van der Waals surface area contributed by atoms with Gasteiger partial charge in [0, 0.05) is 28.2 Å². The molecule has 24 heavy (non-hydrogen) atoms. The normalized spacial score (nSPS) is 20.6. The van der Waals surface area contributed by atoms with E-state index in [0.717, 1.165) is 23.0 Å². The van der Waals surface area contributed by atoms with E-state index in [1.807, 2.05) is 13.0 Å². The van der Waals surface area contributed by atoms with Crippen LogP contribution < -0.4 is 5.32 Å². The van der Waals surface area contributed by atoms with Crippen LogP contribution in [-0.2, 0) is 4.74 Å². The maximum absolute atomic E-state index is 12.8. The van der Waals surface area contributed by atoms with Crippen LogP contribution in [0.15, 0.2) is 24.5 Å². The molecule has 1 amide bonds. The van der Waals surface area contributed by atoms with Gasteiger partial charge in [-0.3, -0.25) is 9.89 Å². The number of aromatic nitrogens is 4. The molecule has 2 atom stereocenters. The second-order valence-corrected chi connectivity index (χ2v) is 6.28. The smallest absolute Gasteiger partial charge is 0.254 e. The molecule has 1 aliphatic rings. The molecule has 1 aliphatic heterocycles. The topological polar surface area (TPSA) is 95.7 Å². The average Bonchev–Trinajstić information content (AvgIpc) is 3.25. The van der Waals surface area contributed by atoms with E-state index in [9.17, 15) is 4.79 Å². The molecule has 1 aromatic carbocycles. The minimum Gasteiger partial charge on any atom is -0.368 e. The van der Waals surface area contributed by atoms with Crippen molar-refractivity contribution in [2.24, 2.45) is 0 Å². The van der Waals surface area contributed by atoms with E-state index >= 15 is 0 Å². The highest BCUT2D eigenvalue weighted by Crippen LogP contribution is 2.29. The SMILES string of the molecule is Cc1[nH]c2ccc(Cl)cc2c1C(=O)N[C@H]1CCO[C@H]1c1ncn[nH]1. The summed E-state index contributed by atoms with van der Waals surface area (Å²) in [5.74, 6) is 0.470. The number of fused-ring (bicyclic) bond motifs is 1. The Kier molecular flexibility index (Phi) is 3.74. The number of halogens is 1. The van der Waals surface area contributed by atoms with Crippen molar-refractivity contribution in [2.75, 3.05) is 6.61 Å². The Bertz CT molecular complexity index is 889. The van der Waals surface area contributed by atoms with Gasteiger partial charge in [0.25, 0.3) is 5.91 Å². The minimum absolute atomic E-state index is 0.152. The molecule has 0 aliphatic carbocycles. The Balaban J connectivity index is 1.63. The van der Waals surface area contributed by atoms with Crippen LogP contribution in [0.2, 0.25) is 5.02 Å². The van der Waals surface area contributed by atoms with E-state index in [1.165, 1.54) is 6.33 Å². The summed E-state index contributed by atoms with van der Waals surface area (Å²) in [7, 11) is 0. The summed E-state index contributed by atoms with van der Waals surface area (Å²) in [5.41, 5.74) is 2.30. The quantitative estimate of drug-likeness (QED) is 0.679. The predicted octanol–water partition coefficient (Wildman–Crippen LogP) is 2.51. The highest BCUT2D eigenvalue weighted by atomic mass is 35.5. The molecule has 1 fully saturated rings. The van der Waals surface area contributed by atoms with Crippen molar-refractivity contribution in [3.05, 3.63) is 46.6 Å². The zero-order valence-corrected chi connectivity index (χ0v) is 13.7. The van der Waals surface area contributed by atoms with Crippen molar-refractivity contribution in [1.29, 1.82) is 0 Å². The van der Waals surface area contributed by atoms with Crippen LogP contribution in [0.25, 0.3) is 10.9 Å². The van der Waals surface area contributed by atoms with E-state index in [1.54, 1.807) is 12.1 Å². The van der Waals surface area contributed by atoms with Crippen molar-refractivity contribution < 1.29 is 9.53 Å². The van der Waals surface area contributed by atoms with Crippen molar-refractivity contribution in [3.8, 4) is 0 Å². The van der Waals surface area contributed by atoms with E-state index < -0.39 is 0 Å². The number of carbonyl (C=O) groups is 1. The first-order valence-corrected chi connectivity index (χ1v) is 8.07. The van der Waals surface area contributed by atoms with Gasteiger partial charge < -0.3 is 15.0 Å². The second kappa shape index (κ2) is 5.92. The lowest BCUT2D eigenvalue weighted by atomic mass is 10.1. The van der Waals surface area contributed by atoms with Crippen LogP contribution in [0.1, 0.15) is 34.4 Å². The molecule has 124 valence electrons. The number of nitrogens with zero attached hydrogens (tertiary/aromatic N) is 2. The fourth-order valence-electron chi connectivity index (χ4n) is 3.19. The average molecular weight is 346 g/mol. The van der Waals surface area contributed by atoms with Crippen molar-refractivity contribution in [3.63, 3.8) is 0 Å². The first-order chi connectivity index (χ1) is 11.6. The molecular formula is C16H16ClN5O2. The Morgan fingerprint density at radius 2 is 2.33 bits per heavy atom. The number of aromatic amines is 2. The van der Waals surface area contributed by atoms with Crippen molar-refractivity contribution in [1.82, 2.24) is 25.5 Å². The zero-order valence-electron chi connectivity index (χ0n) is 13.0. The van der Waals surface area contributed by atoms with E-state index in [-0.39, 0.29) is 18.1 Å². The number of amides is 1. The molecule has 4 rings (SSSR count). The van der Waals surface area contributed by atoms with Crippen LogP contribution >= 0.6 is 11.6 Å². The summed E-state index contributed by atoms with van der Waals surface area (Å²) in [6.45, 7) is 2.44. The third kappa shape index (κ3) is 2.55. The number of hydrogen-bond donors (Lipinski definition) is 3. The van der Waals surface area contributed by atoms with Gasteiger partial charge >= 0.3 is 0 Å². The van der Waals surface area contributed by atoms with Crippen LogP contribution in [0.4, 0.5) is 0 Å². The summed E-state index contributed by atoms with van der Waals surface area (Å²) < 4.78 is 5.69. The second-order valence-electron chi connectivity index (χ2n) is 5.85. The molecule has 1 saturated heterocycles. The van der Waals surface area contributed by atoms with Gasteiger partial charge in [0.15, 0.2) is 5.82 Å². The monoisotopic (exact) mass is 345 g/mol. The van der Waals surface area contributed by atoms with E-state index in [0.29, 0.717) is 23.0 Å². The number of carbonyl (C=O) groups excluding carboxylic acids is 1. The molecule has 0 radical (unpaired) electrons. The number of H-pyrrole nitrogens is 2. The fraction of sp³-hybridized carbons (Fsp3) is 0.312. The molecule has 3 N–H and O–H groups in total. The lowest BCUT2D eigenvalue weighted by Crippen LogP contribution is -2.37. The number of benzene rings is 1.